The van der Waals surface area contributed by atoms with Crippen molar-refractivity contribution in [3.8, 4) is 5.75 Å². The first kappa shape index (κ1) is 13.9. The number of amides is 1. The highest BCUT2D eigenvalue weighted by molar-refractivity contribution is 5.94. The molecule has 0 aliphatic rings. The number of nitrogens with two attached hydrogens (primary N) is 1. The molecule has 4 nitrogen and oxygen atoms in total. The maximum atomic E-state index is 12.7. The summed E-state index contributed by atoms with van der Waals surface area (Å²) in [6.07, 6.45) is 0. The van der Waals surface area contributed by atoms with Crippen molar-refractivity contribution in [2.24, 2.45) is 0 Å². The van der Waals surface area contributed by atoms with Crippen LogP contribution in [0.4, 0.5) is 10.1 Å². The van der Waals surface area contributed by atoms with Gasteiger partial charge in [-0.15, -0.1) is 0 Å². The second-order valence-electron chi connectivity index (χ2n) is 4.15. The number of carbonyl (C=O) groups is 1. The zero-order chi connectivity index (χ0) is 14.4. The van der Waals surface area contributed by atoms with Gasteiger partial charge in [-0.25, -0.2) is 4.39 Å². The fraction of sp³-hybridized carbons (Fsp3) is 0.133. The van der Waals surface area contributed by atoms with Gasteiger partial charge in [0.25, 0.3) is 5.91 Å². The molecule has 0 unspecified atom stereocenters. The van der Waals surface area contributed by atoms with Crippen molar-refractivity contribution < 1.29 is 13.9 Å². The minimum absolute atomic E-state index is 0.269. The smallest absolute Gasteiger partial charge is 0.251 e. The van der Waals surface area contributed by atoms with E-state index in [1.54, 1.807) is 12.1 Å². The third-order valence-corrected chi connectivity index (χ3v) is 2.67. The molecule has 0 fully saturated rings. The van der Waals surface area contributed by atoms with Crippen molar-refractivity contribution in [1.29, 1.82) is 0 Å². The summed E-state index contributed by atoms with van der Waals surface area (Å²) < 4.78 is 18.2. The monoisotopic (exact) mass is 274 g/mol. The van der Waals surface area contributed by atoms with Crippen molar-refractivity contribution in [2.75, 3.05) is 18.9 Å². The molecule has 0 saturated heterocycles. The van der Waals surface area contributed by atoms with E-state index in [2.05, 4.69) is 5.32 Å². The molecule has 0 saturated carbocycles. The number of nitrogen functional groups attached to an aromatic ring is 1. The summed E-state index contributed by atoms with van der Waals surface area (Å²) in [7, 11) is 0. The van der Waals surface area contributed by atoms with Gasteiger partial charge in [-0.1, -0.05) is 12.1 Å². The van der Waals surface area contributed by atoms with Crippen LogP contribution in [0.3, 0.4) is 0 Å². The van der Waals surface area contributed by atoms with Gasteiger partial charge < -0.3 is 15.8 Å². The molecule has 0 bridgehead atoms. The quantitative estimate of drug-likeness (QED) is 0.649. The van der Waals surface area contributed by atoms with E-state index >= 15 is 0 Å². The molecular weight excluding hydrogens is 259 g/mol. The summed E-state index contributed by atoms with van der Waals surface area (Å²) in [6, 6.07) is 12.5. The second kappa shape index (κ2) is 6.56. The van der Waals surface area contributed by atoms with E-state index < -0.39 is 0 Å². The Morgan fingerprint density at radius 1 is 1.15 bits per heavy atom. The van der Waals surface area contributed by atoms with E-state index in [4.69, 9.17) is 10.5 Å². The Bertz CT molecular complexity index is 585. The van der Waals surface area contributed by atoms with E-state index in [0.717, 1.165) is 0 Å². The molecule has 2 rings (SSSR count). The lowest BCUT2D eigenvalue weighted by Gasteiger charge is -2.09. The van der Waals surface area contributed by atoms with Gasteiger partial charge in [0.15, 0.2) is 0 Å². The molecule has 0 atom stereocenters. The highest BCUT2D eigenvalue weighted by atomic mass is 19.1. The fourth-order valence-corrected chi connectivity index (χ4v) is 1.64. The van der Waals surface area contributed by atoms with Gasteiger partial charge in [-0.3, -0.25) is 4.79 Å². The Hall–Kier alpha value is -2.56. The number of hydrogen-bond donors (Lipinski definition) is 2. The summed E-state index contributed by atoms with van der Waals surface area (Å²) in [5.41, 5.74) is 6.68. The Morgan fingerprint density at radius 3 is 2.55 bits per heavy atom. The Balaban J connectivity index is 1.77. The van der Waals surface area contributed by atoms with Crippen molar-refractivity contribution in [3.63, 3.8) is 0 Å². The number of hydrogen-bond acceptors (Lipinski definition) is 3. The number of ether oxygens (including phenoxy) is 1. The standard InChI is InChI=1S/C15H15FN2O2/c16-12-7-5-11(6-8-12)15(19)18-9-10-20-14-4-2-1-3-13(14)17/h1-8H,9-10,17H2,(H,18,19). The SMILES string of the molecule is Nc1ccccc1OCCNC(=O)c1ccc(F)cc1. The van der Waals surface area contributed by atoms with Crippen LogP contribution in [-0.2, 0) is 0 Å². The molecule has 1 amide bonds. The number of anilines is 1. The van der Waals surface area contributed by atoms with Gasteiger partial charge in [0.2, 0.25) is 0 Å². The lowest BCUT2D eigenvalue weighted by molar-refractivity contribution is 0.0947. The van der Waals surface area contributed by atoms with Gasteiger partial charge in [-0.2, -0.15) is 0 Å². The molecule has 2 aromatic rings. The van der Waals surface area contributed by atoms with Crippen molar-refractivity contribution in [2.45, 2.75) is 0 Å². The van der Waals surface area contributed by atoms with Crippen LogP contribution < -0.4 is 15.8 Å². The molecular formula is C15H15FN2O2. The summed E-state index contributed by atoms with van der Waals surface area (Å²) in [6.45, 7) is 0.645. The van der Waals surface area contributed by atoms with Crippen molar-refractivity contribution in [3.05, 3.63) is 59.9 Å². The van der Waals surface area contributed by atoms with Crippen molar-refractivity contribution >= 4 is 11.6 Å². The Kier molecular flexibility index (Phi) is 4.55. The van der Waals surface area contributed by atoms with Crippen LogP contribution in [0.5, 0.6) is 5.75 Å². The summed E-state index contributed by atoms with van der Waals surface area (Å²) in [5, 5.41) is 2.68. The zero-order valence-corrected chi connectivity index (χ0v) is 10.8. The van der Waals surface area contributed by atoms with Crippen LogP contribution in [-0.4, -0.2) is 19.1 Å². The molecule has 3 N–H and O–H groups in total. The number of halogens is 1. The van der Waals surface area contributed by atoms with Gasteiger partial charge in [-0.05, 0) is 36.4 Å². The lowest BCUT2D eigenvalue weighted by atomic mass is 10.2. The number of carbonyl (C=O) groups excluding carboxylic acids is 1. The first-order valence-corrected chi connectivity index (χ1v) is 6.18. The first-order chi connectivity index (χ1) is 9.66. The molecule has 0 spiro atoms. The lowest BCUT2D eigenvalue weighted by Crippen LogP contribution is -2.28. The third-order valence-electron chi connectivity index (χ3n) is 2.67. The molecule has 2 aromatic carbocycles. The van der Waals surface area contributed by atoms with Crippen LogP contribution >= 0.6 is 0 Å². The maximum Gasteiger partial charge on any atom is 0.251 e. The highest BCUT2D eigenvalue weighted by Gasteiger charge is 2.05. The van der Waals surface area contributed by atoms with E-state index in [9.17, 15) is 9.18 Å². The number of para-hydroxylation sites is 2. The normalized spacial score (nSPS) is 10.1. The van der Waals surface area contributed by atoms with E-state index in [1.807, 2.05) is 12.1 Å². The fourth-order valence-electron chi connectivity index (χ4n) is 1.64. The highest BCUT2D eigenvalue weighted by Crippen LogP contribution is 2.19. The summed E-state index contributed by atoms with van der Waals surface area (Å²) >= 11 is 0. The topological polar surface area (TPSA) is 64.3 Å². The molecule has 0 aliphatic carbocycles. The minimum atomic E-state index is -0.371. The predicted octanol–water partition coefficient (Wildman–Crippen LogP) is 2.22. The summed E-state index contributed by atoms with van der Waals surface area (Å²) in [5.74, 6) is -0.0531. The molecule has 0 aliphatic heterocycles. The van der Waals surface area contributed by atoms with Crippen LogP contribution in [0.2, 0.25) is 0 Å². The van der Waals surface area contributed by atoms with Crippen LogP contribution in [0.1, 0.15) is 10.4 Å². The third kappa shape index (κ3) is 3.71. The van der Waals surface area contributed by atoms with E-state index in [-0.39, 0.29) is 11.7 Å². The first-order valence-electron chi connectivity index (χ1n) is 6.18. The van der Waals surface area contributed by atoms with Crippen LogP contribution in [0, 0.1) is 5.82 Å². The molecule has 104 valence electrons. The van der Waals surface area contributed by atoms with Gasteiger partial charge in [0.05, 0.1) is 12.2 Å². The van der Waals surface area contributed by atoms with E-state index in [1.165, 1.54) is 24.3 Å². The van der Waals surface area contributed by atoms with E-state index in [0.29, 0.717) is 30.2 Å². The number of rotatable bonds is 5. The van der Waals surface area contributed by atoms with Gasteiger partial charge in [0.1, 0.15) is 18.2 Å². The molecule has 0 heterocycles. The molecule has 0 aromatic heterocycles. The van der Waals surface area contributed by atoms with Crippen molar-refractivity contribution in [1.82, 2.24) is 5.32 Å². The Morgan fingerprint density at radius 2 is 1.85 bits per heavy atom. The number of benzene rings is 2. The van der Waals surface area contributed by atoms with Gasteiger partial charge >= 0.3 is 0 Å². The molecule has 5 heteroatoms. The average Bonchev–Trinajstić information content (AvgIpc) is 2.46. The average molecular weight is 274 g/mol. The number of nitrogens with one attached hydrogen (secondary N) is 1. The molecule has 0 radical (unpaired) electrons. The largest absolute Gasteiger partial charge is 0.490 e. The van der Waals surface area contributed by atoms with Crippen LogP contribution in [0.25, 0.3) is 0 Å². The summed E-state index contributed by atoms with van der Waals surface area (Å²) in [4.78, 5) is 11.7. The van der Waals surface area contributed by atoms with Crippen LogP contribution in [0.15, 0.2) is 48.5 Å². The minimum Gasteiger partial charge on any atom is -0.490 e. The zero-order valence-electron chi connectivity index (χ0n) is 10.8. The molecule has 20 heavy (non-hydrogen) atoms. The maximum absolute atomic E-state index is 12.7. The Labute approximate surface area is 116 Å². The van der Waals surface area contributed by atoms with Gasteiger partial charge in [0, 0.05) is 5.56 Å². The predicted molar refractivity (Wildman–Crippen MR) is 75.1 cm³/mol. The second-order valence-corrected chi connectivity index (χ2v) is 4.15.